The number of fused-ring (bicyclic) bond motifs is 6. The molecule has 0 aliphatic carbocycles. The molecule has 1 aromatic heterocycles. The van der Waals surface area contributed by atoms with E-state index in [1.807, 2.05) is 0 Å². The first-order valence-corrected chi connectivity index (χ1v) is 23.4. The largest absolute Gasteiger partial charge is 0.310 e. The highest BCUT2D eigenvalue weighted by Gasteiger charge is 2.20. The number of nitrogens with zero attached hydrogens (tertiary/aromatic N) is 2. The normalized spacial score (nSPS) is 11.5. The van der Waals surface area contributed by atoms with Crippen molar-refractivity contribution in [3.63, 3.8) is 0 Å². The summed E-state index contributed by atoms with van der Waals surface area (Å²) in [6.07, 6.45) is 0. The SMILES string of the molecule is c1ccc(-c2c3ccccc3c(-c3ccc(-c4ccc(N(c5ccc(-c6cccc7ccccc67)cc5)c5ccc6c(c5)c5ccccc5n6-c5ccccc5)cc4)cc3)c3ccccc23)cc1. The van der Waals surface area contributed by atoms with Gasteiger partial charge >= 0.3 is 0 Å². The van der Waals surface area contributed by atoms with Gasteiger partial charge in [-0.2, -0.15) is 0 Å². The Bertz CT molecular complexity index is 3920. The second kappa shape index (κ2) is 16.5. The third-order valence-electron chi connectivity index (χ3n) is 13.8. The summed E-state index contributed by atoms with van der Waals surface area (Å²) < 4.78 is 2.38. The topological polar surface area (TPSA) is 8.17 Å². The van der Waals surface area contributed by atoms with Crippen LogP contribution in [0.5, 0.6) is 0 Å². The van der Waals surface area contributed by atoms with Gasteiger partial charge in [-0.25, -0.2) is 0 Å². The minimum absolute atomic E-state index is 1.09. The van der Waals surface area contributed by atoms with Crippen LogP contribution in [0.2, 0.25) is 0 Å². The zero-order chi connectivity index (χ0) is 45.0. The monoisotopic (exact) mass is 864 g/mol. The second-order valence-corrected chi connectivity index (χ2v) is 17.6. The van der Waals surface area contributed by atoms with Gasteiger partial charge in [0.15, 0.2) is 0 Å². The highest BCUT2D eigenvalue weighted by atomic mass is 15.1. The Balaban J connectivity index is 0.903. The van der Waals surface area contributed by atoms with Crippen molar-refractivity contribution < 1.29 is 0 Å². The zero-order valence-corrected chi connectivity index (χ0v) is 37.3. The first-order chi connectivity index (χ1) is 33.7. The van der Waals surface area contributed by atoms with Crippen LogP contribution in [-0.4, -0.2) is 4.57 Å². The Kier molecular flexibility index (Phi) is 9.54. The molecule has 318 valence electrons. The average molecular weight is 865 g/mol. The first-order valence-electron chi connectivity index (χ1n) is 23.4. The van der Waals surface area contributed by atoms with Crippen LogP contribution in [0.25, 0.3) is 104 Å². The van der Waals surface area contributed by atoms with Crippen molar-refractivity contribution in [3.8, 4) is 50.2 Å². The molecule has 0 fully saturated rings. The van der Waals surface area contributed by atoms with Crippen LogP contribution in [0.15, 0.2) is 267 Å². The molecule has 12 aromatic carbocycles. The van der Waals surface area contributed by atoms with E-state index in [2.05, 4.69) is 276 Å². The molecule has 0 radical (unpaired) electrons. The van der Waals surface area contributed by atoms with Crippen molar-refractivity contribution in [3.05, 3.63) is 267 Å². The van der Waals surface area contributed by atoms with E-state index >= 15 is 0 Å². The lowest BCUT2D eigenvalue weighted by Gasteiger charge is -2.26. The molecule has 0 amide bonds. The molecule has 0 aliphatic rings. The molecule has 13 aromatic rings. The predicted molar refractivity (Wildman–Crippen MR) is 290 cm³/mol. The van der Waals surface area contributed by atoms with E-state index in [1.165, 1.54) is 98.6 Å². The number of aromatic nitrogens is 1. The number of hydrogen-bond donors (Lipinski definition) is 0. The Morgan fingerprint density at radius 2 is 0.676 bits per heavy atom. The van der Waals surface area contributed by atoms with Crippen LogP contribution in [0.4, 0.5) is 17.1 Å². The molecule has 0 saturated carbocycles. The van der Waals surface area contributed by atoms with E-state index in [1.54, 1.807) is 0 Å². The third-order valence-corrected chi connectivity index (χ3v) is 13.8. The maximum atomic E-state index is 2.39. The van der Waals surface area contributed by atoms with Crippen LogP contribution >= 0.6 is 0 Å². The van der Waals surface area contributed by atoms with E-state index in [4.69, 9.17) is 0 Å². The van der Waals surface area contributed by atoms with Crippen LogP contribution in [0.3, 0.4) is 0 Å². The lowest BCUT2D eigenvalue weighted by Crippen LogP contribution is -2.10. The van der Waals surface area contributed by atoms with Crippen LogP contribution in [0.1, 0.15) is 0 Å². The Hall–Kier alpha value is -8.98. The van der Waals surface area contributed by atoms with Crippen molar-refractivity contribution in [1.29, 1.82) is 0 Å². The van der Waals surface area contributed by atoms with Gasteiger partial charge in [-0.05, 0) is 137 Å². The van der Waals surface area contributed by atoms with Gasteiger partial charge in [0.1, 0.15) is 0 Å². The summed E-state index contributed by atoms with van der Waals surface area (Å²) in [6.45, 7) is 0. The molecule has 0 unspecified atom stereocenters. The Morgan fingerprint density at radius 3 is 1.29 bits per heavy atom. The fourth-order valence-corrected chi connectivity index (χ4v) is 10.7. The summed E-state index contributed by atoms with van der Waals surface area (Å²) in [5.41, 5.74) is 16.6. The third kappa shape index (κ3) is 6.65. The molecule has 13 rings (SSSR count). The molecule has 0 spiro atoms. The first kappa shape index (κ1) is 39.4. The minimum atomic E-state index is 1.09. The van der Waals surface area contributed by atoms with Gasteiger partial charge in [-0.3, -0.25) is 0 Å². The molecule has 68 heavy (non-hydrogen) atoms. The lowest BCUT2D eigenvalue weighted by molar-refractivity contribution is 1.18. The van der Waals surface area contributed by atoms with E-state index in [0.29, 0.717) is 0 Å². The predicted octanol–water partition coefficient (Wildman–Crippen LogP) is 18.4. The number of hydrogen-bond acceptors (Lipinski definition) is 1. The fourth-order valence-electron chi connectivity index (χ4n) is 10.7. The molecule has 0 aliphatic heterocycles. The highest BCUT2D eigenvalue weighted by molar-refractivity contribution is 6.21. The van der Waals surface area contributed by atoms with Crippen LogP contribution in [-0.2, 0) is 0 Å². The van der Waals surface area contributed by atoms with Crippen molar-refractivity contribution in [2.24, 2.45) is 0 Å². The van der Waals surface area contributed by atoms with Gasteiger partial charge in [0, 0.05) is 33.5 Å². The van der Waals surface area contributed by atoms with E-state index in [9.17, 15) is 0 Å². The van der Waals surface area contributed by atoms with Crippen LogP contribution in [0, 0.1) is 0 Å². The van der Waals surface area contributed by atoms with Gasteiger partial charge in [0.05, 0.1) is 11.0 Å². The van der Waals surface area contributed by atoms with Gasteiger partial charge in [0.25, 0.3) is 0 Å². The molecule has 2 heteroatoms. The molecular weight excluding hydrogens is 821 g/mol. The fraction of sp³-hybridized carbons (Fsp3) is 0. The van der Waals surface area contributed by atoms with Crippen molar-refractivity contribution in [1.82, 2.24) is 4.57 Å². The van der Waals surface area contributed by atoms with Gasteiger partial charge in [-0.15, -0.1) is 0 Å². The quantitative estimate of drug-likeness (QED) is 0.138. The molecule has 0 N–H and O–H groups in total. The van der Waals surface area contributed by atoms with Gasteiger partial charge in [-0.1, -0.05) is 206 Å². The summed E-state index contributed by atoms with van der Waals surface area (Å²) in [7, 11) is 0. The van der Waals surface area contributed by atoms with Crippen molar-refractivity contribution in [2.45, 2.75) is 0 Å². The maximum Gasteiger partial charge on any atom is 0.0542 e. The number of para-hydroxylation sites is 2. The molecule has 0 bridgehead atoms. The molecular formula is C66H44N2. The highest BCUT2D eigenvalue weighted by Crippen LogP contribution is 2.45. The van der Waals surface area contributed by atoms with Crippen molar-refractivity contribution >= 4 is 71.2 Å². The van der Waals surface area contributed by atoms with Gasteiger partial charge < -0.3 is 9.47 Å². The average Bonchev–Trinajstić information content (AvgIpc) is 3.75. The van der Waals surface area contributed by atoms with Crippen molar-refractivity contribution in [2.75, 3.05) is 4.90 Å². The summed E-state index contributed by atoms with van der Waals surface area (Å²) in [4.78, 5) is 2.39. The van der Waals surface area contributed by atoms with Gasteiger partial charge in [0.2, 0.25) is 0 Å². The smallest absolute Gasteiger partial charge is 0.0542 e. The Morgan fingerprint density at radius 1 is 0.250 bits per heavy atom. The number of anilines is 3. The molecule has 2 nitrogen and oxygen atoms in total. The molecule has 0 saturated heterocycles. The lowest BCUT2D eigenvalue weighted by atomic mass is 9.86. The van der Waals surface area contributed by atoms with Crippen LogP contribution < -0.4 is 4.90 Å². The van der Waals surface area contributed by atoms with E-state index in [0.717, 1.165) is 22.7 Å². The van der Waals surface area contributed by atoms with E-state index in [-0.39, 0.29) is 0 Å². The summed E-state index contributed by atoms with van der Waals surface area (Å²) >= 11 is 0. The zero-order valence-electron chi connectivity index (χ0n) is 37.3. The number of benzene rings is 12. The summed E-state index contributed by atoms with van der Waals surface area (Å²) in [5.74, 6) is 0. The molecule has 1 heterocycles. The minimum Gasteiger partial charge on any atom is -0.310 e. The summed E-state index contributed by atoms with van der Waals surface area (Å²) in [6, 6.07) is 97.3. The Labute approximate surface area is 395 Å². The number of rotatable bonds is 8. The molecule has 0 atom stereocenters. The maximum absolute atomic E-state index is 2.39. The second-order valence-electron chi connectivity index (χ2n) is 17.6. The standard InChI is InChI=1S/C66H44N2/c1-3-17-49(18-4-1)65-58-24-9-11-26-60(58)66(61-27-12-10-25-59(61)65)50-32-30-45(31-33-50)46-34-38-52(39-35-46)67(53-40-36-48(37-41-53)56-28-15-19-47-16-7-8-22-55(47)56)54-42-43-64-62(44-54)57-23-13-14-29-63(57)68(64)51-20-5-2-6-21-51/h1-44H. The summed E-state index contributed by atoms with van der Waals surface area (Å²) in [5, 5.41) is 9.99. The van der Waals surface area contributed by atoms with E-state index < -0.39 is 0 Å².